The van der Waals surface area contributed by atoms with Crippen LogP contribution in [0.15, 0.2) is 42.5 Å². The van der Waals surface area contributed by atoms with E-state index in [2.05, 4.69) is 68.7 Å². The average molecular weight is 291 g/mol. The highest BCUT2D eigenvalue weighted by Gasteiger charge is 2.10. The number of hydrogen-bond acceptors (Lipinski definition) is 3. The summed E-state index contributed by atoms with van der Waals surface area (Å²) in [5.41, 5.74) is 9.82. The first-order chi connectivity index (χ1) is 10.6. The van der Waals surface area contributed by atoms with Crippen LogP contribution in [-0.2, 0) is 6.42 Å². The molecular formula is C19H21N3. The molecule has 22 heavy (non-hydrogen) atoms. The number of nitrogens with one attached hydrogen (secondary N) is 1. The lowest BCUT2D eigenvalue weighted by atomic mass is 9.99. The summed E-state index contributed by atoms with van der Waals surface area (Å²) in [6.45, 7) is 6.30. The number of pyridine rings is 1. The quantitative estimate of drug-likeness (QED) is 0.565. The van der Waals surface area contributed by atoms with Crippen LogP contribution in [0.4, 0.5) is 5.82 Å². The molecule has 112 valence electrons. The van der Waals surface area contributed by atoms with Crippen LogP contribution in [0.3, 0.4) is 0 Å². The van der Waals surface area contributed by atoms with Crippen LogP contribution in [-0.4, -0.2) is 4.98 Å². The zero-order valence-corrected chi connectivity index (χ0v) is 13.3. The second-order valence-corrected chi connectivity index (χ2v) is 5.90. The third-order valence-electron chi connectivity index (χ3n) is 4.14. The Morgan fingerprint density at radius 2 is 1.64 bits per heavy atom. The fourth-order valence-corrected chi connectivity index (χ4v) is 2.76. The summed E-state index contributed by atoms with van der Waals surface area (Å²) in [6, 6.07) is 15.0. The lowest BCUT2D eigenvalue weighted by molar-refractivity contribution is 1.13. The standard InChI is InChI=1S/C19H21N3/c1-12-4-8-15(9-5-12)10-16-11-17-13(2)6-7-14(3)18(17)21-19(16)22-20/h4-9,11H,10,20H2,1-3H3,(H,21,22). The van der Waals surface area contributed by atoms with E-state index in [4.69, 9.17) is 10.8 Å². The van der Waals surface area contributed by atoms with Gasteiger partial charge < -0.3 is 5.43 Å². The number of anilines is 1. The van der Waals surface area contributed by atoms with Crippen molar-refractivity contribution >= 4 is 16.7 Å². The maximum absolute atomic E-state index is 5.70. The number of hydrogen-bond donors (Lipinski definition) is 2. The Hall–Kier alpha value is -2.39. The highest BCUT2D eigenvalue weighted by atomic mass is 15.2. The highest BCUT2D eigenvalue weighted by Crippen LogP contribution is 2.27. The number of nitrogens with two attached hydrogens (primary N) is 1. The Bertz CT molecular complexity index is 820. The lowest BCUT2D eigenvalue weighted by Gasteiger charge is -2.13. The minimum absolute atomic E-state index is 0.752. The summed E-state index contributed by atoms with van der Waals surface area (Å²) in [5, 5.41) is 1.20. The highest BCUT2D eigenvalue weighted by molar-refractivity contribution is 5.87. The molecule has 0 atom stereocenters. The van der Waals surface area contributed by atoms with Gasteiger partial charge in [-0.2, -0.15) is 0 Å². The molecule has 3 nitrogen and oxygen atoms in total. The van der Waals surface area contributed by atoms with E-state index in [1.165, 1.54) is 27.6 Å². The Morgan fingerprint density at radius 3 is 2.32 bits per heavy atom. The number of rotatable bonds is 3. The molecule has 0 saturated heterocycles. The van der Waals surface area contributed by atoms with Gasteiger partial charge in [0.05, 0.1) is 5.52 Å². The van der Waals surface area contributed by atoms with Gasteiger partial charge in [0.25, 0.3) is 0 Å². The zero-order chi connectivity index (χ0) is 15.7. The van der Waals surface area contributed by atoms with Crippen molar-refractivity contribution in [3.63, 3.8) is 0 Å². The third kappa shape index (κ3) is 2.68. The summed E-state index contributed by atoms with van der Waals surface area (Å²) in [5.74, 6) is 6.45. The number of fused-ring (bicyclic) bond motifs is 1. The van der Waals surface area contributed by atoms with E-state index in [0.717, 1.165) is 23.3 Å². The fraction of sp³-hybridized carbons (Fsp3) is 0.211. The molecule has 1 heterocycles. The van der Waals surface area contributed by atoms with Crippen LogP contribution in [0.5, 0.6) is 0 Å². The van der Waals surface area contributed by atoms with Gasteiger partial charge in [-0.15, -0.1) is 0 Å². The molecule has 0 amide bonds. The third-order valence-corrected chi connectivity index (χ3v) is 4.14. The van der Waals surface area contributed by atoms with Gasteiger partial charge >= 0.3 is 0 Å². The molecule has 3 N–H and O–H groups in total. The Balaban J connectivity index is 2.11. The van der Waals surface area contributed by atoms with Crippen LogP contribution in [0, 0.1) is 20.8 Å². The second-order valence-electron chi connectivity index (χ2n) is 5.90. The largest absolute Gasteiger partial charge is 0.308 e. The van der Waals surface area contributed by atoms with Crippen molar-refractivity contribution in [3.8, 4) is 0 Å². The van der Waals surface area contributed by atoms with Crippen molar-refractivity contribution in [2.45, 2.75) is 27.2 Å². The molecule has 0 aliphatic heterocycles. The molecule has 3 rings (SSSR count). The number of aromatic nitrogens is 1. The average Bonchev–Trinajstić information content (AvgIpc) is 2.53. The van der Waals surface area contributed by atoms with Crippen molar-refractivity contribution < 1.29 is 0 Å². The molecule has 0 unspecified atom stereocenters. The van der Waals surface area contributed by atoms with Crippen LogP contribution in [0.25, 0.3) is 10.9 Å². The summed E-state index contributed by atoms with van der Waals surface area (Å²) >= 11 is 0. The molecule has 0 fully saturated rings. The normalized spacial score (nSPS) is 10.9. The Morgan fingerprint density at radius 1 is 0.955 bits per heavy atom. The summed E-state index contributed by atoms with van der Waals surface area (Å²) in [6.07, 6.45) is 0.816. The SMILES string of the molecule is Cc1ccc(Cc2cc3c(C)ccc(C)c3nc2NN)cc1. The molecule has 0 aliphatic rings. The van der Waals surface area contributed by atoms with E-state index in [9.17, 15) is 0 Å². The summed E-state index contributed by atoms with van der Waals surface area (Å²) in [4.78, 5) is 4.73. The molecule has 1 aromatic heterocycles. The van der Waals surface area contributed by atoms with Crippen molar-refractivity contribution in [1.29, 1.82) is 0 Å². The van der Waals surface area contributed by atoms with Crippen LogP contribution >= 0.6 is 0 Å². The number of benzene rings is 2. The van der Waals surface area contributed by atoms with E-state index in [-0.39, 0.29) is 0 Å². The summed E-state index contributed by atoms with van der Waals surface area (Å²) < 4.78 is 0. The molecule has 2 aromatic carbocycles. The number of nitrogens with zero attached hydrogens (tertiary/aromatic N) is 1. The monoisotopic (exact) mass is 291 g/mol. The van der Waals surface area contributed by atoms with Crippen LogP contribution in [0.1, 0.15) is 27.8 Å². The molecule has 0 aliphatic carbocycles. The Labute approximate surface area is 131 Å². The predicted molar refractivity (Wildman–Crippen MR) is 93.0 cm³/mol. The van der Waals surface area contributed by atoms with E-state index in [1.807, 2.05) is 0 Å². The second kappa shape index (κ2) is 5.78. The van der Waals surface area contributed by atoms with E-state index < -0.39 is 0 Å². The van der Waals surface area contributed by atoms with Gasteiger partial charge in [-0.3, -0.25) is 0 Å². The minimum Gasteiger partial charge on any atom is -0.308 e. The number of aryl methyl sites for hydroxylation is 3. The first-order valence-corrected chi connectivity index (χ1v) is 7.50. The summed E-state index contributed by atoms with van der Waals surface area (Å²) in [7, 11) is 0. The molecule has 0 saturated carbocycles. The first kappa shape index (κ1) is 14.5. The van der Waals surface area contributed by atoms with Crippen LogP contribution in [0.2, 0.25) is 0 Å². The van der Waals surface area contributed by atoms with E-state index >= 15 is 0 Å². The fourth-order valence-electron chi connectivity index (χ4n) is 2.76. The van der Waals surface area contributed by atoms with Gasteiger partial charge in [0, 0.05) is 17.4 Å². The van der Waals surface area contributed by atoms with Crippen molar-refractivity contribution in [3.05, 3.63) is 70.3 Å². The minimum atomic E-state index is 0.752. The maximum Gasteiger partial charge on any atom is 0.144 e. The van der Waals surface area contributed by atoms with Gasteiger partial charge in [0.15, 0.2) is 0 Å². The Kier molecular flexibility index (Phi) is 3.82. The lowest BCUT2D eigenvalue weighted by Crippen LogP contribution is -2.12. The topological polar surface area (TPSA) is 50.9 Å². The molecule has 3 heteroatoms. The van der Waals surface area contributed by atoms with Crippen molar-refractivity contribution in [2.24, 2.45) is 5.84 Å². The molecule has 0 radical (unpaired) electrons. The smallest absolute Gasteiger partial charge is 0.144 e. The molecular weight excluding hydrogens is 270 g/mol. The number of hydrazine groups is 1. The van der Waals surface area contributed by atoms with Gasteiger partial charge in [-0.05, 0) is 43.5 Å². The van der Waals surface area contributed by atoms with Crippen LogP contribution < -0.4 is 11.3 Å². The molecule has 0 spiro atoms. The predicted octanol–water partition coefficient (Wildman–Crippen LogP) is 4.04. The van der Waals surface area contributed by atoms with Gasteiger partial charge in [0.1, 0.15) is 5.82 Å². The van der Waals surface area contributed by atoms with Crippen molar-refractivity contribution in [2.75, 3.05) is 5.43 Å². The van der Waals surface area contributed by atoms with E-state index in [0.29, 0.717) is 0 Å². The van der Waals surface area contributed by atoms with Gasteiger partial charge in [0.2, 0.25) is 0 Å². The van der Waals surface area contributed by atoms with E-state index in [1.54, 1.807) is 0 Å². The maximum atomic E-state index is 5.70. The van der Waals surface area contributed by atoms with Gasteiger partial charge in [-0.1, -0.05) is 42.0 Å². The molecule has 3 aromatic rings. The molecule has 0 bridgehead atoms. The first-order valence-electron chi connectivity index (χ1n) is 7.50. The number of nitrogen functional groups attached to an aromatic ring is 1. The zero-order valence-electron chi connectivity index (χ0n) is 13.3. The van der Waals surface area contributed by atoms with Crippen molar-refractivity contribution in [1.82, 2.24) is 4.98 Å². The van der Waals surface area contributed by atoms with Gasteiger partial charge in [-0.25, -0.2) is 10.8 Å².